The second-order valence-electron chi connectivity index (χ2n) is 3.96. The lowest BCUT2D eigenvalue weighted by Crippen LogP contribution is -2.14. The molecule has 0 aliphatic heterocycles. The van der Waals surface area contributed by atoms with E-state index in [4.69, 9.17) is 5.11 Å². The molecule has 1 amide bonds. The van der Waals surface area contributed by atoms with Crippen LogP contribution < -0.4 is 5.32 Å². The number of nitrogens with one attached hydrogen (secondary N) is 1. The van der Waals surface area contributed by atoms with Gasteiger partial charge in [-0.3, -0.25) is 4.79 Å². The first-order valence-electron chi connectivity index (χ1n) is 5.88. The number of aliphatic hydroxyl groups excluding tert-OH is 1. The van der Waals surface area contributed by atoms with E-state index in [2.05, 4.69) is 22.1 Å². The zero-order chi connectivity index (χ0) is 15.2. The lowest BCUT2D eigenvalue weighted by Gasteiger charge is -2.02. The SMILES string of the molecule is O=C(Cc1ccc(F)c(F)c1)Nc1ncc(C#CCO)s1. The third-order valence-electron chi connectivity index (χ3n) is 2.39. The van der Waals surface area contributed by atoms with Gasteiger partial charge in [0, 0.05) is 0 Å². The van der Waals surface area contributed by atoms with Gasteiger partial charge in [-0.15, -0.1) is 0 Å². The summed E-state index contributed by atoms with van der Waals surface area (Å²) in [6.07, 6.45) is 1.38. The number of amides is 1. The number of anilines is 1. The van der Waals surface area contributed by atoms with E-state index in [0.717, 1.165) is 23.5 Å². The highest BCUT2D eigenvalue weighted by molar-refractivity contribution is 7.16. The van der Waals surface area contributed by atoms with Crippen LogP contribution in [-0.2, 0) is 11.2 Å². The maximum absolute atomic E-state index is 13.0. The Balaban J connectivity index is 1.98. The molecule has 0 aliphatic carbocycles. The summed E-state index contributed by atoms with van der Waals surface area (Å²) < 4.78 is 25.8. The maximum Gasteiger partial charge on any atom is 0.230 e. The van der Waals surface area contributed by atoms with E-state index >= 15 is 0 Å². The van der Waals surface area contributed by atoms with Crippen LogP contribution in [0.2, 0.25) is 0 Å². The molecule has 0 aliphatic rings. The average molecular weight is 308 g/mol. The Hall–Kier alpha value is -2.30. The Morgan fingerprint density at radius 2 is 2.19 bits per heavy atom. The van der Waals surface area contributed by atoms with E-state index in [0.29, 0.717) is 15.6 Å². The minimum absolute atomic E-state index is 0.0889. The van der Waals surface area contributed by atoms with Crippen molar-refractivity contribution in [1.29, 1.82) is 0 Å². The lowest BCUT2D eigenvalue weighted by atomic mass is 10.1. The molecule has 21 heavy (non-hydrogen) atoms. The molecule has 0 spiro atoms. The van der Waals surface area contributed by atoms with E-state index < -0.39 is 17.5 Å². The predicted octanol–water partition coefficient (Wildman–Crippen LogP) is 1.95. The molecule has 0 fully saturated rings. The topological polar surface area (TPSA) is 62.2 Å². The van der Waals surface area contributed by atoms with E-state index in [9.17, 15) is 13.6 Å². The van der Waals surface area contributed by atoms with E-state index in [1.54, 1.807) is 0 Å². The number of aliphatic hydroxyl groups is 1. The summed E-state index contributed by atoms with van der Waals surface area (Å²) in [5.74, 6) is 2.80. The third-order valence-corrected chi connectivity index (χ3v) is 3.22. The monoisotopic (exact) mass is 308 g/mol. The van der Waals surface area contributed by atoms with Crippen LogP contribution in [0, 0.1) is 23.5 Å². The maximum atomic E-state index is 13.0. The first-order valence-corrected chi connectivity index (χ1v) is 6.69. The second kappa shape index (κ2) is 6.92. The van der Waals surface area contributed by atoms with Crippen LogP contribution in [0.3, 0.4) is 0 Å². The van der Waals surface area contributed by atoms with Crippen molar-refractivity contribution in [3.05, 3.63) is 46.5 Å². The molecule has 2 rings (SSSR count). The minimum Gasteiger partial charge on any atom is -0.384 e. The van der Waals surface area contributed by atoms with Gasteiger partial charge >= 0.3 is 0 Å². The van der Waals surface area contributed by atoms with Crippen molar-refractivity contribution in [2.45, 2.75) is 6.42 Å². The Morgan fingerprint density at radius 1 is 1.38 bits per heavy atom. The highest BCUT2D eigenvalue weighted by Crippen LogP contribution is 2.17. The highest BCUT2D eigenvalue weighted by Gasteiger charge is 2.09. The number of benzene rings is 1. The standard InChI is InChI=1S/C14H10F2N2O2S/c15-11-4-3-9(6-12(11)16)7-13(20)18-14-17-8-10(21-14)2-1-5-19/h3-4,6,8,19H,5,7H2,(H,17,18,20). The number of nitrogens with zero attached hydrogens (tertiary/aromatic N) is 1. The molecule has 0 radical (unpaired) electrons. The van der Waals surface area contributed by atoms with E-state index in [1.807, 2.05) is 0 Å². The van der Waals surface area contributed by atoms with Crippen molar-refractivity contribution in [3.63, 3.8) is 0 Å². The summed E-state index contributed by atoms with van der Waals surface area (Å²) in [6.45, 7) is -0.254. The molecule has 2 N–H and O–H groups in total. The molecule has 1 aromatic heterocycles. The number of halogens is 2. The number of hydrogen-bond acceptors (Lipinski definition) is 4. The molecular formula is C14H10F2N2O2S. The van der Waals surface area contributed by atoms with Gasteiger partial charge in [-0.1, -0.05) is 29.2 Å². The zero-order valence-electron chi connectivity index (χ0n) is 10.7. The normalized spacial score (nSPS) is 9.86. The molecule has 108 valence electrons. The summed E-state index contributed by atoms with van der Waals surface area (Å²) in [5.41, 5.74) is 0.364. The quantitative estimate of drug-likeness (QED) is 0.852. The van der Waals surface area contributed by atoms with Crippen molar-refractivity contribution < 1.29 is 18.7 Å². The van der Waals surface area contributed by atoms with Gasteiger partial charge in [0.25, 0.3) is 0 Å². The van der Waals surface area contributed by atoms with Crippen LogP contribution in [0.4, 0.5) is 13.9 Å². The Morgan fingerprint density at radius 3 is 2.90 bits per heavy atom. The summed E-state index contributed by atoms with van der Waals surface area (Å²) in [5, 5.41) is 11.5. The molecule has 0 bridgehead atoms. The summed E-state index contributed by atoms with van der Waals surface area (Å²) in [6, 6.07) is 3.30. The third kappa shape index (κ3) is 4.34. The molecule has 2 aromatic rings. The highest BCUT2D eigenvalue weighted by atomic mass is 32.1. The molecule has 1 aromatic carbocycles. The van der Waals surface area contributed by atoms with Crippen LogP contribution in [0.15, 0.2) is 24.4 Å². The largest absolute Gasteiger partial charge is 0.384 e. The fourth-order valence-electron chi connectivity index (χ4n) is 1.51. The Labute approximate surface area is 123 Å². The first kappa shape index (κ1) is 15.1. The van der Waals surface area contributed by atoms with Crippen LogP contribution in [-0.4, -0.2) is 22.6 Å². The molecule has 0 atom stereocenters. The Kier molecular flexibility index (Phi) is 4.98. The van der Waals surface area contributed by atoms with Gasteiger partial charge in [-0.2, -0.15) is 0 Å². The van der Waals surface area contributed by atoms with Crippen molar-refractivity contribution >= 4 is 22.4 Å². The van der Waals surface area contributed by atoms with E-state index in [1.165, 1.54) is 12.3 Å². The molecule has 0 saturated heterocycles. The van der Waals surface area contributed by atoms with Gasteiger partial charge in [0.05, 0.1) is 17.5 Å². The zero-order valence-corrected chi connectivity index (χ0v) is 11.5. The molecule has 0 saturated carbocycles. The molecule has 0 unspecified atom stereocenters. The predicted molar refractivity (Wildman–Crippen MR) is 74.8 cm³/mol. The summed E-state index contributed by atoms with van der Waals surface area (Å²) in [7, 11) is 0. The van der Waals surface area contributed by atoms with Crippen molar-refractivity contribution in [1.82, 2.24) is 4.98 Å². The van der Waals surface area contributed by atoms with Crippen molar-refractivity contribution in [3.8, 4) is 11.8 Å². The molecular weight excluding hydrogens is 298 g/mol. The molecule has 7 heteroatoms. The van der Waals surface area contributed by atoms with Gasteiger partial charge in [-0.25, -0.2) is 13.8 Å². The number of carbonyl (C=O) groups is 1. The van der Waals surface area contributed by atoms with Crippen LogP contribution in [0.5, 0.6) is 0 Å². The fraction of sp³-hybridized carbons (Fsp3) is 0.143. The minimum atomic E-state index is -0.990. The first-order chi connectivity index (χ1) is 10.1. The molecule has 4 nitrogen and oxygen atoms in total. The van der Waals surface area contributed by atoms with Crippen LogP contribution in [0.1, 0.15) is 10.4 Å². The molecule has 1 heterocycles. The fourth-order valence-corrected chi connectivity index (χ4v) is 2.22. The van der Waals surface area contributed by atoms with Gasteiger partial charge in [0.2, 0.25) is 5.91 Å². The van der Waals surface area contributed by atoms with Gasteiger partial charge in [0.15, 0.2) is 16.8 Å². The smallest absolute Gasteiger partial charge is 0.230 e. The summed E-state index contributed by atoms with van der Waals surface area (Å²) in [4.78, 5) is 16.3. The van der Waals surface area contributed by atoms with Gasteiger partial charge < -0.3 is 10.4 Å². The second-order valence-corrected chi connectivity index (χ2v) is 4.99. The van der Waals surface area contributed by atoms with Crippen LogP contribution >= 0.6 is 11.3 Å². The van der Waals surface area contributed by atoms with Crippen LogP contribution in [0.25, 0.3) is 0 Å². The number of rotatable bonds is 3. The van der Waals surface area contributed by atoms with E-state index in [-0.39, 0.29) is 13.0 Å². The Bertz CT molecular complexity index is 719. The average Bonchev–Trinajstić information content (AvgIpc) is 2.88. The number of thiazole rings is 1. The van der Waals surface area contributed by atoms with Gasteiger partial charge in [0.1, 0.15) is 6.61 Å². The van der Waals surface area contributed by atoms with Gasteiger partial charge in [-0.05, 0) is 17.7 Å². The lowest BCUT2D eigenvalue weighted by molar-refractivity contribution is -0.115. The van der Waals surface area contributed by atoms with Crippen molar-refractivity contribution in [2.75, 3.05) is 11.9 Å². The number of aromatic nitrogens is 1. The van der Waals surface area contributed by atoms with Crippen molar-refractivity contribution in [2.24, 2.45) is 0 Å². The summed E-state index contributed by atoms with van der Waals surface area (Å²) >= 11 is 1.16. The number of carbonyl (C=O) groups excluding carboxylic acids is 1. The number of hydrogen-bond donors (Lipinski definition) is 2.